The van der Waals surface area contributed by atoms with Crippen LogP contribution in [0.2, 0.25) is 5.02 Å². The van der Waals surface area contributed by atoms with E-state index in [1.54, 1.807) is 7.11 Å². The molecule has 1 N–H and O–H groups in total. The van der Waals surface area contributed by atoms with Crippen LogP contribution in [0.4, 0.5) is 0 Å². The second kappa shape index (κ2) is 5.38. The zero-order valence-electron chi connectivity index (χ0n) is 10.7. The van der Waals surface area contributed by atoms with Crippen molar-refractivity contribution >= 4 is 11.6 Å². The molecule has 1 saturated carbocycles. The van der Waals surface area contributed by atoms with Gasteiger partial charge < -0.3 is 10.1 Å². The summed E-state index contributed by atoms with van der Waals surface area (Å²) >= 11 is 6.22. The summed E-state index contributed by atoms with van der Waals surface area (Å²) in [4.78, 5) is 0. The first kappa shape index (κ1) is 12.9. The van der Waals surface area contributed by atoms with Gasteiger partial charge in [-0.15, -0.1) is 0 Å². The standard InChI is InChI=1S/C12H20ClN3O/c1-8-12(13)10(16(2)15-8)7-14-9-5-4-6-11(9)17-3/h9,11,14H,4-7H2,1-3H3. The van der Waals surface area contributed by atoms with E-state index in [1.807, 2.05) is 18.7 Å². The van der Waals surface area contributed by atoms with Crippen molar-refractivity contribution < 1.29 is 4.74 Å². The molecule has 0 aromatic carbocycles. The van der Waals surface area contributed by atoms with Gasteiger partial charge in [0.1, 0.15) is 0 Å². The molecule has 0 bridgehead atoms. The third kappa shape index (κ3) is 2.64. The minimum atomic E-state index is 0.336. The van der Waals surface area contributed by atoms with Gasteiger partial charge in [-0.3, -0.25) is 4.68 Å². The number of aryl methyl sites for hydroxylation is 2. The van der Waals surface area contributed by atoms with E-state index in [0.29, 0.717) is 12.1 Å². The Morgan fingerprint density at radius 2 is 2.29 bits per heavy atom. The van der Waals surface area contributed by atoms with Crippen molar-refractivity contribution in [3.8, 4) is 0 Å². The molecular formula is C12H20ClN3O. The third-order valence-electron chi connectivity index (χ3n) is 3.55. The maximum Gasteiger partial charge on any atom is 0.0860 e. The van der Waals surface area contributed by atoms with E-state index in [4.69, 9.17) is 16.3 Å². The lowest BCUT2D eigenvalue weighted by Crippen LogP contribution is -2.36. The lowest BCUT2D eigenvalue weighted by molar-refractivity contribution is 0.0845. The average molecular weight is 258 g/mol. The number of halogens is 1. The summed E-state index contributed by atoms with van der Waals surface area (Å²) in [6.45, 7) is 2.68. The fraction of sp³-hybridized carbons (Fsp3) is 0.750. The van der Waals surface area contributed by atoms with E-state index in [1.165, 1.54) is 12.8 Å². The van der Waals surface area contributed by atoms with Crippen LogP contribution in [0.1, 0.15) is 30.7 Å². The van der Waals surface area contributed by atoms with Gasteiger partial charge in [-0.05, 0) is 26.2 Å². The van der Waals surface area contributed by atoms with Crippen LogP contribution in [0.5, 0.6) is 0 Å². The quantitative estimate of drug-likeness (QED) is 0.897. The highest BCUT2D eigenvalue weighted by Gasteiger charge is 2.27. The molecular weight excluding hydrogens is 238 g/mol. The van der Waals surface area contributed by atoms with Crippen LogP contribution in [0, 0.1) is 6.92 Å². The Hall–Kier alpha value is -0.580. The summed E-state index contributed by atoms with van der Waals surface area (Å²) in [5, 5.41) is 8.60. The van der Waals surface area contributed by atoms with Gasteiger partial charge in [0.15, 0.2) is 0 Å². The molecule has 1 aromatic heterocycles. The Morgan fingerprint density at radius 3 is 2.88 bits per heavy atom. The zero-order chi connectivity index (χ0) is 12.4. The smallest absolute Gasteiger partial charge is 0.0860 e. The normalized spacial score (nSPS) is 24.5. The Balaban J connectivity index is 1.97. The van der Waals surface area contributed by atoms with Crippen molar-refractivity contribution in [3.63, 3.8) is 0 Å². The van der Waals surface area contributed by atoms with E-state index >= 15 is 0 Å². The van der Waals surface area contributed by atoms with Crippen LogP contribution in [0.15, 0.2) is 0 Å². The van der Waals surface area contributed by atoms with Crippen LogP contribution >= 0.6 is 11.6 Å². The van der Waals surface area contributed by atoms with Gasteiger partial charge in [-0.2, -0.15) is 5.10 Å². The van der Waals surface area contributed by atoms with Gasteiger partial charge in [-0.25, -0.2) is 0 Å². The number of methoxy groups -OCH3 is 1. The molecule has 1 fully saturated rings. The molecule has 0 radical (unpaired) electrons. The van der Waals surface area contributed by atoms with Crippen molar-refractivity contribution in [1.29, 1.82) is 0 Å². The molecule has 1 aliphatic carbocycles. The minimum Gasteiger partial charge on any atom is -0.380 e. The third-order valence-corrected chi connectivity index (χ3v) is 4.04. The van der Waals surface area contributed by atoms with Crippen LogP contribution in [-0.2, 0) is 18.3 Å². The van der Waals surface area contributed by atoms with Gasteiger partial charge in [-0.1, -0.05) is 11.6 Å². The van der Waals surface area contributed by atoms with Crippen molar-refractivity contribution in [2.75, 3.05) is 7.11 Å². The molecule has 0 saturated heterocycles. The largest absolute Gasteiger partial charge is 0.380 e. The van der Waals surface area contributed by atoms with Crippen LogP contribution in [-0.4, -0.2) is 29.0 Å². The summed E-state index contributed by atoms with van der Waals surface area (Å²) in [7, 11) is 3.71. The molecule has 0 aliphatic heterocycles. The Morgan fingerprint density at radius 1 is 1.53 bits per heavy atom. The number of hydrogen-bond acceptors (Lipinski definition) is 3. The summed E-state index contributed by atoms with van der Waals surface area (Å²) in [5.41, 5.74) is 1.94. The van der Waals surface area contributed by atoms with Crippen LogP contribution in [0.25, 0.3) is 0 Å². The molecule has 0 spiro atoms. The lowest BCUT2D eigenvalue weighted by atomic mass is 10.2. The topological polar surface area (TPSA) is 39.1 Å². The monoisotopic (exact) mass is 257 g/mol. The maximum atomic E-state index is 6.22. The fourth-order valence-corrected chi connectivity index (χ4v) is 2.77. The summed E-state index contributed by atoms with van der Waals surface area (Å²) in [6.07, 6.45) is 3.89. The number of nitrogens with one attached hydrogen (secondary N) is 1. The van der Waals surface area contributed by atoms with E-state index in [0.717, 1.165) is 29.4 Å². The van der Waals surface area contributed by atoms with Gasteiger partial charge in [0.05, 0.1) is 22.5 Å². The van der Waals surface area contributed by atoms with E-state index in [9.17, 15) is 0 Å². The summed E-state index contributed by atoms with van der Waals surface area (Å²) in [6, 6.07) is 0.436. The van der Waals surface area contributed by atoms with Gasteiger partial charge in [0, 0.05) is 26.7 Å². The second-order valence-corrected chi connectivity index (χ2v) is 5.04. The number of rotatable bonds is 4. The van der Waals surface area contributed by atoms with Crippen molar-refractivity contribution in [2.45, 2.75) is 44.9 Å². The van der Waals surface area contributed by atoms with Gasteiger partial charge in [0.2, 0.25) is 0 Å². The van der Waals surface area contributed by atoms with E-state index in [2.05, 4.69) is 10.4 Å². The molecule has 17 heavy (non-hydrogen) atoms. The number of ether oxygens (including phenoxy) is 1. The Labute approximate surface area is 107 Å². The molecule has 1 aliphatic rings. The average Bonchev–Trinajstić information content (AvgIpc) is 2.84. The zero-order valence-corrected chi connectivity index (χ0v) is 11.4. The molecule has 1 aromatic rings. The predicted octanol–water partition coefficient (Wildman–Crippen LogP) is 2.04. The summed E-state index contributed by atoms with van der Waals surface area (Å²) in [5.74, 6) is 0. The highest BCUT2D eigenvalue weighted by Crippen LogP contribution is 2.23. The number of aromatic nitrogens is 2. The second-order valence-electron chi connectivity index (χ2n) is 4.66. The number of hydrogen-bond donors (Lipinski definition) is 1. The van der Waals surface area contributed by atoms with Crippen molar-refractivity contribution in [3.05, 3.63) is 16.4 Å². The van der Waals surface area contributed by atoms with Crippen LogP contribution < -0.4 is 5.32 Å². The molecule has 4 nitrogen and oxygen atoms in total. The molecule has 0 amide bonds. The molecule has 2 rings (SSSR count). The SMILES string of the molecule is COC1CCCC1NCc1c(Cl)c(C)nn1C. The van der Waals surface area contributed by atoms with Gasteiger partial charge in [0.25, 0.3) is 0 Å². The van der Waals surface area contributed by atoms with Crippen LogP contribution in [0.3, 0.4) is 0 Å². The Bertz CT molecular complexity index is 391. The first-order valence-corrected chi connectivity index (χ1v) is 6.45. The highest BCUT2D eigenvalue weighted by atomic mass is 35.5. The minimum absolute atomic E-state index is 0.336. The molecule has 96 valence electrons. The number of nitrogens with zero attached hydrogens (tertiary/aromatic N) is 2. The molecule has 2 atom stereocenters. The highest BCUT2D eigenvalue weighted by molar-refractivity contribution is 6.31. The first-order chi connectivity index (χ1) is 8.13. The van der Waals surface area contributed by atoms with E-state index in [-0.39, 0.29) is 0 Å². The predicted molar refractivity (Wildman–Crippen MR) is 68.2 cm³/mol. The lowest BCUT2D eigenvalue weighted by Gasteiger charge is -2.19. The molecule has 2 unspecified atom stereocenters. The molecule has 1 heterocycles. The van der Waals surface area contributed by atoms with Gasteiger partial charge >= 0.3 is 0 Å². The van der Waals surface area contributed by atoms with Crippen molar-refractivity contribution in [2.24, 2.45) is 7.05 Å². The maximum absolute atomic E-state index is 6.22. The Kier molecular flexibility index (Phi) is 4.07. The van der Waals surface area contributed by atoms with Crippen molar-refractivity contribution in [1.82, 2.24) is 15.1 Å². The molecule has 5 heteroatoms. The first-order valence-electron chi connectivity index (χ1n) is 6.07. The summed E-state index contributed by atoms with van der Waals surface area (Å²) < 4.78 is 7.31. The fourth-order valence-electron chi connectivity index (χ4n) is 2.54. The van der Waals surface area contributed by atoms with E-state index < -0.39 is 0 Å².